The number of hydrogen-bond donors (Lipinski definition) is 1. The number of amides is 1. The van der Waals surface area contributed by atoms with Crippen molar-refractivity contribution in [3.05, 3.63) is 54.1 Å². The van der Waals surface area contributed by atoms with Crippen LogP contribution in [0.15, 0.2) is 48.5 Å². The van der Waals surface area contributed by atoms with Crippen LogP contribution in [0.4, 0.5) is 5.69 Å². The smallest absolute Gasteiger partial charge is 0.339 e. The number of carbonyl (C=O) groups is 2. The van der Waals surface area contributed by atoms with Gasteiger partial charge in [-0.1, -0.05) is 25.1 Å². The van der Waals surface area contributed by atoms with Crippen LogP contribution in [0.2, 0.25) is 0 Å². The van der Waals surface area contributed by atoms with Gasteiger partial charge >= 0.3 is 5.97 Å². The minimum absolute atomic E-state index is 0.287. The van der Waals surface area contributed by atoms with Crippen molar-refractivity contribution in [3.63, 3.8) is 0 Å². The first kappa shape index (κ1) is 18.3. The van der Waals surface area contributed by atoms with E-state index in [-0.39, 0.29) is 11.5 Å². The Kier molecular flexibility index (Phi) is 6.39. The van der Waals surface area contributed by atoms with E-state index in [0.29, 0.717) is 23.6 Å². The molecule has 0 aliphatic heterocycles. The van der Waals surface area contributed by atoms with Crippen LogP contribution in [-0.2, 0) is 9.53 Å². The highest BCUT2D eigenvalue weighted by Crippen LogP contribution is 2.22. The molecule has 0 saturated heterocycles. The van der Waals surface area contributed by atoms with E-state index < -0.39 is 12.1 Å². The summed E-state index contributed by atoms with van der Waals surface area (Å²) in [6.45, 7) is 1.84. The number of carbonyl (C=O) groups excluding carboxylic acids is 2. The number of esters is 1. The van der Waals surface area contributed by atoms with Gasteiger partial charge in [-0.2, -0.15) is 0 Å². The van der Waals surface area contributed by atoms with Crippen molar-refractivity contribution in [1.29, 1.82) is 0 Å². The first-order chi connectivity index (χ1) is 12.1. The summed E-state index contributed by atoms with van der Waals surface area (Å²) in [5, 5.41) is 2.73. The summed E-state index contributed by atoms with van der Waals surface area (Å²) in [4.78, 5) is 24.3. The molecule has 2 aromatic rings. The molecule has 132 valence electrons. The van der Waals surface area contributed by atoms with Gasteiger partial charge in [-0.25, -0.2) is 4.79 Å². The van der Waals surface area contributed by atoms with Crippen LogP contribution in [0.3, 0.4) is 0 Å². The lowest BCUT2D eigenvalue weighted by molar-refractivity contribution is -0.122. The number of nitrogens with one attached hydrogen (secondary N) is 1. The minimum Gasteiger partial charge on any atom is -0.497 e. The Morgan fingerprint density at radius 1 is 1.04 bits per heavy atom. The number of ether oxygens (including phenoxy) is 3. The molecule has 0 fully saturated rings. The quantitative estimate of drug-likeness (QED) is 0.781. The fourth-order valence-electron chi connectivity index (χ4n) is 2.25. The number of benzene rings is 2. The standard InChI is InChI=1S/C19H21NO5/c1-4-17(25-14-9-7-8-13(12-14)23-2)18(21)20-16-11-6-5-10-15(16)19(22)24-3/h5-12,17H,4H2,1-3H3,(H,20,21)/t17-/m1/s1. The van der Waals surface area contributed by atoms with Gasteiger partial charge in [-0.3, -0.25) is 4.79 Å². The molecule has 25 heavy (non-hydrogen) atoms. The van der Waals surface area contributed by atoms with Crippen molar-refractivity contribution in [2.24, 2.45) is 0 Å². The van der Waals surface area contributed by atoms with Gasteiger partial charge in [0.05, 0.1) is 25.5 Å². The van der Waals surface area contributed by atoms with Crippen molar-refractivity contribution < 1.29 is 23.8 Å². The third-order valence-electron chi connectivity index (χ3n) is 3.57. The summed E-state index contributed by atoms with van der Waals surface area (Å²) < 4.78 is 15.6. The van der Waals surface area contributed by atoms with Crippen molar-refractivity contribution in [2.75, 3.05) is 19.5 Å². The number of anilines is 1. The molecule has 1 amide bonds. The van der Waals surface area contributed by atoms with E-state index >= 15 is 0 Å². The number of para-hydroxylation sites is 1. The maximum atomic E-state index is 12.5. The average Bonchev–Trinajstić information content (AvgIpc) is 2.65. The summed E-state index contributed by atoms with van der Waals surface area (Å²) in [5.74, 6) is 0.311. The molecule has 0 heterocycles. The third kappa shape index (κ3) is 4.73. The van der Waals surface area contributed by atoms with Gasteiger partial charge in [0.15, 0.2) is 6.10 Å². The molecule has 0 unspecified atom stereocenters. The zero-order chi connectivity index (χ0) is 18.2. The number of hydrogen-bond acceptors (Lipinski definition) is 5. The molecule has 0 aliphatic carbocycles. The van der Waals surface area contributed by atoms with E-state index in [9.17, 15) is 9.59 Å². The first-order valence-electron chi connectivity index (χ1n) is 7.88. The highest BCUT2D eigenvalue weighted by atomic mass is 16.5. The molecule has 1 N–H and O–H groups in total. The first-order valence-corrected chi connectivity index (χ1v) is 7.88. The highest BCUT2D eigenvalue weighted by molar-refractivity contribution is 6.02. The van der Waals surface area contributed by atoms with Crippen LogP contribution < -0.4 is 14.8 Å². The van der Waals surface area contributed by atoms with E-state index in [2.05, 4.69) is 5.32 Å². The summed E-state index contributed by atoms with van der Waals surface area (Å²) >= 11 is 0. The van der Waals surface area contributed by atoms with Crippen molar-refractivity contribution in [1.82, 2.24) is 0 Å². The molecule has 0 aromatic heterocycles. The van der Waals surface area contributed by atoms with E-state index in [1.807, 2.05) is 6.92 Å². The van der Waals surface area contributed by atoms with Crippen LogP contribution in [0.1, 0.15) is 23.7 Å². The second-order valence-corrected chi connectivity index (χ2v) is 5.22. The Balaban J connectivity index is 2.14. The zero-order valence-electron chi connectivity index (χ0n) is 14.4. The average molecular weight is 343 g/mol. The van der Waals surface area contributed by atoms with E-state index in [1.54, 1.807) is 55.6 Å². The van der Waals surface area contributed by atoms with Gasteiger partial charge in [0.2, 0.25) is 0 Å². The lowest BCUT2D eigenvalue weighted by atomic mass is 10.1. The third-order valence-corrected chi connectivity index (χ3v) is 3.57. The van der Waals surface area contributed by atoms with Crippen LogP contribution in [0.5, 0.6) is 11.5 Å². The number of methoxy groups -OCH3 is 2. The fourth-order valence-corrected chi connectivity index (χ4v) is 2.25. The molecule has 0 aliphatic rings. The number of rotatable bonds is 7. The lowest BCUT2D eigenvalue weighted by Crippen LogP contribution is -2.33. The normalized spacial score (nSPS) is 11.3. The van der Waals surface area contributed by atoms with E-state index in [0.717, 1.165) is 0 Å². The SMILES string of the molecule is CC[C@@H](Oc1cccc(OC)c1)C(=O)Nc1ccccc1C(=O)OC. The molecule has 1 atom stereocenters. The molecule has 0 bridgehead atoms. The van der Waals surface area contributed by atoms with Gasteiger partial charge < -0.3 is 19.5 Å². The Bertz CT molecular complexity index is 744. The monoisotopic (exact) mass is 343 g/mol. The van der Waals surface area contributed by atoms with Gasteiger partial charge in [-0.05, 0) is 30.7 Å². The largest absolute Gasteiger partial charge is 0.497 e. The van der Waals surface area contributed by atoms with Crippen LogP contribution in [-0.4, -0.2) is 32.2 Å². The minimum atomic E-state index is -0.710. The molecule has 2 rings (SSSR count). The van der Waals surface area contributed by atoms with Crippen molar-refractivity contribution in [2.45, 2.75) is 19.4 Å². The fraction of sp³-hybridized carbons (Fsp3) is 0.263. The van der Waals surface area contributed by atoms with Gasteiger partial charge in [0, 0.05) is 6.07 Å². The summed E-state index contributed by atoms with van der Waals surface area (Å²) in [6, 6.07) is 13.7. The lowest BCUT2D eigenvalue weighted by Gasteiger charge is -2.18. The maximum absolute atomic E-state index is 12.5. The molecular formula is C19H21NO5. The van der Waals surface area contributed by atoms with Crippen molar-refractivity contribution >= 4 is 17.6 Å². The molecule has 6 heteroatoms. The van der Waals surface area contributed by atoms with Crippen molar-refractivity contribution in [3.8, 4) is 11.5 Å². The zero-order valence-corrected chi connectivity index (χ0v) is 14.4. The summed E-state index contributed by atoms with van der Waals surface area (Å²) in [5.41, 5.74) is 0.668. The van der Waals surface area contributed by atoms with Crippen LogP contribution in [0, 0.1) is 0 Å². The Morgan fingerprint density at radius 2 is 1.76 bits per heavy atom. The molecular weight excluding hydrogens is 322 g/mol. The molecule has 0 saturated carbocycles. The van der Waals surface area contributed by atoms with Gasteiger partial charge in [-0.15, -0.1) is 0 Å². The second kappa shape index (κ2) is 8.73. The summed E-state index contributed by atoms with van der Waals surface area (Å²) in [6.07, 6.45) is -0.249. The Morgan fingerprint density at radius 3 is 2.44 bits per heavy atom. The maximum Gasteiger partial charge on any atom is 0.339 e. The Hall–Kier alpha value is -3.02. The topological polar surface area (TPSA) is 73.9 Å². The molecule has 0 spiro atoms. The predicted molar refractivity (Wildman–Crippen MR) is 94.1 cm³/mol. The van der Waals surface area contributed by atoms with E-state index in [4.69, 9.17) is 14.2 Å². The molecule has 0 radical (unpaired) electrons. The van der Waals surface area contributed by atoms with E-state index in [1.165, 1.54) is 7.11 Å². The van der Waals surface area contributed by atoms with Gasteiger partial charge in [0.1, 0.15) is 11.5 Å². The predicted octanol–water partition coefficient (Wildman–Crippen LogP) is 3.28. The van der Waals surface area contributed by atoms with Crippen LogP contribution in [0.25, 0.3) is 0 Å². The molecule has 2 aromatic carbocycles. The van der Waals surface area contributed by atoms with Gasteiger partial charge in [0.25, 0.3) is 5.91 Å². The highest BCUT2D eigenvalue weighted by Gasteiger charge is 2.21. The summed E-state index contributed by atoms with van der Waals surface area (Å²) in [7, 11) is 2.86. The second-order valence-electron chi connectivity index (χ2n) is 5.22. The molecule has 6 nitrogen and oxygen atoms in total. The Labute approximate surface area is 146 Å². The van der Waals surface area contributed by atoms with Crippen LogP contribution >= 0.6 is 0 Å².